The van der Waals surface area contributed by atoms with Crippen molar-refractivity contribution in [2.45, 2.75) is 188 Å². The van der Waals surface area contributed by atoms with Crippen molar-refractivity contribution in [1.82, 2.24) is 10.6 Å². The lowest BCUT2D eigenvalue weighted by atomic mass is 10.0. The molecule has 43 heavy (non-hydrogen) atoms. The van der Waals surface area contributed by atoms with Crippen LogP contribution in [0, 0.1) is 0 Å². The van der Waals surface area contributed by atoms with Gasteiger partial charge in [0.05, 0.1) is 26.2 Å². The number of quaternary nitrogens is 1. The fourth-order valence-electron chi connectivity index (χ4n) is 6.25. The maximum Gasteiger partial charge on any atom is 0.220 e. The molecule has 6 nitrogen and oxygen atoms in total. The van der Waals surface area contributed by atoms with E-state index in [0.29, 0.717) is 12.8 Å². The normalized spacial score (nSPS) is 12.4. The number of unbranched alkanes of at least 4 members (excludes halogenated alkanes) is 16. The summed E-state index contributed by atoms with van der Waals surface area (Å²) in [5, 5.41) is 15.9. The number of carbonyl (C=O) groups excluding carboxylic acids is 2. The summed E-state index contributed by atoms with van der Waals surface area (Å²) in [5.41, 5.74) is 0. The Morgan fingerprint density at radius 2 is 1.02 bits per heavy atom. The van der Waals surface area contributed by atoms with Crippen molar-refractivity contribution in [2.24, 2.45) is 0 Å². The van der Waals surface area contributed by atoms with Crippen LogP contribution in [0.25, 0.3) is 0 Å². The van der Waals surface area contributed by atoms with E-state index in [2.05, 4.69) is 38.3 Å². The molecule has 1 unspecified atom stereocenters. The number of nitrogens with one attached hydrogen (secondary N) is 2. The van der Waals surface area contributed by atoms with Crippen molar-refractivity contribution in [3.05, 3.63) is 0 Å². The molecule has 3 N–H and O–H groups in total. The minimum atomic E-state index is 0.129. The summed E-state index contributed by atoms with van der Waals surface area (Å²) >= 11 is 0. The lowest BCUT2D eigenvalue weighted by Crippen LogP contribution is -2.51. The molecule has 0 aromatic heterocycles. The predicted molar refractivity (Wildman–Crippen MR) is 185 cm³/mol. The van der Waals surface area contributed by atoms with Gasteiger partial charge >= 0.3 is 0 Å². The van der Waals surface area contributed by atoms with Crippen molar-refractivity contribution in [2.75, 3.05) is 39.3 Å². The number of aliphatic hydroxyl groups is 1. The maximum atomic E-state index is 12.7. The summed E-state index contributed by atoms with van der Waals surface area (Å²) in [6.07, 6.45) is 27.6. The van der Waals surface area contributed by atoms with E-state index in [9.17, 15) is 14.7 Å². The average molecular weight is 611 g/mol. The molecular weight excluding hydrogens is 534 g/mol. The van der Waals surface area contributed by atoms with E-state index < -0.39 is 0 Å². The van der Waals surface area contributed by atoms with Crippen molar-refractivity contribution >= 4 is 11.8 Å². The van der Waals surface area contributed by atoms with E-state index in [4.69, 9.17) is 0 Å². The second-order valence-electron chi connectivity index (χ2n) is 13.2. The SMILES string of the molecule is CCCCCCCCCCCC(=O)NCCC[N+](CC)(CC)CCC(CCCO)NC(=O)CCCCCCCCCCC. The van der Waals surface area contributed by atoms with E-state index in [0.717, 1.165) is 82.2 Å². The minimum absolute atomic E-state index is 0.129. The van der Waals surface area contributed by atoms with E-state index in [-0.39, 0.29) is 24.5 Å². The van der Waals surface area contributed by atoms with Crippen LogP contribution in [0.4, 0.5) is 0 Å². The monoisotopic (exact) mass is 611 g/mol. The van der Waals surface area contributed by atoms with Crippen molar-refractivity contribution in [3.63, 3.8) is 0 Å². The standard InChI is InChI=1S/C37H75N3O3/c1-5-9-11-13-15-17-19-21-23-28-36(42)38-31-26-32-40(7-3,8-4)33-30-35(27-25-34-41)39-37(43)29-24-22-20-18-16-14-12-10-6-2/h35,41H,5-34H2,1-4H3,(H-,38,39,42,43)/p+1. The fraction of sp³-hybridized carbons (Fsp3) is 0.946. The summed E-state index contributed by atoms with van der Waals surface area (Å²) in [4.78, 5) is 25.0. The Morgan fingerprint density at radius 3 is 1.49 bits per heavy atom. The highest BCUT2D eigenvalue weighted by Crippen LogP contribution is 2.15. The molecule has 6 heteroatoms. The fourth-order valence-corrected chi connectivity index (χ4v) is 6.25. The molecule has 0 radical (unpaired) electrons. The molecule has 256 valence electrons. The van der Waals surface area contributed by atoms with Gasteiger partial charge in [0, 0.05) is 44.9 Å². The Kier molecular flexibility index (Phi) is 30.0. The smallest absolute Gasteiger partial charge is 0.220 e. The van der Waals surface area contributed by atoms with Crippen molar-refractivity contribution in [1.29, 1.82) is 0 Å². The lowest BCUT2D eigenvalue weighted by molar-refractivity contribution is -0.925. The summed E-state index contributed by atoms with van der Waals surface area (Å²) < 4.78 is 1.01. The minimum Gasteiger partial charge on any atom is -0.396 e. The zero-order chi connectivity index (χ0) is 31.9. The van der Waals surface area contributed by atoms with Gasteiger partial charge in [0.15, 0.2) is 0 Å². The van der Waals surface area contributed by atoms with Crippen LogP contribution in [0.1, 0.15) is 182 Å². The molecule has 0 aliphatic rings. The van der Waals surface area contributed by atoms with Crippen LogP contribution in [0.3, 0.4) is 0 Å². The van der Waals surface area contributed by atoms with Gasteiger partial charge in [-0.2, -0.15) is 0 Å². The van der Waals surface area contributed by atoms with Crippen molar-refractivity contribution in [3.8, 4) is 0 Å². The maximum absolute atomic E-state index is 12.7. The Balaban J connectivity index is 4.28. The summed E-state index contributed by atoms with van der Waals surface area (Å²) in [7, 11) is 0. The van der Waals surface area contributed by atoms with Gasteiger partial charge in [0.1, 0.15) is 0 Å². The third kappa shape index (κ3) is 25.8. The molecule has 0 saturated carbocycles. The molecule has 2 amide bonds. The van der Waals surface area contributed by atoms with Crippen LogP contribution >= 0.6 is 0 Å². The predicted octanol–water partition coefficient (Wildman–Crippen LogP) is 8.84. The highest BCUT2D eigenvalue weighted by Gasteiger charge is 2.25. The topological polar surface area (TPSA) is 78.4 Å². The first-order valence-electron chi connectivity index (χ1n) is 19.0. The molecule has 0 rings (SSSR count). The molecule has 0 aromatic carbocycles. The average Bonchev–Trinajstić information content (AvgIpc) is 3.01. The van der Waals surface area contributed by atoms with E-state index in [1.54, 1.807) is 0 Å². The molecule has 0 aromatic rings. The quantitative estimate of drug-likeness (QED) is 0.0513. The van der Waals surface area contributed by atoms with Crippen LogP contribution in [0.2, 0.25) is 0 Å². The van der Waals surface area contributed by atoms with Crippen LogP contribution in [0.15, 0.2) is 0 Å². The first kappa shape index (κ1) is 41.9. The largest absolute Gasteiger partial charge is 0.396 e. The molecule has 0 aliphatic carbocycles. The third-order valence-corrected chi connectivity index (χ3v) is 9.52. The molecule has 0 spiro atoms. The van der Waals surface area contributed by atoms with Gasteiger partial charge in [-0.25, -0.2) is 0 Å². The molecule has 0 aliphatic heterocycles. The van der Waals surface area contributed by atoms with Gasteiger partial charge < -0.3 is 20.2 Å². The van der Waals surface area contributed by atoms with Gasteiger partial charge in [-0.15, -0.1) is 0 Å². The van der Waals surface area contributed by atoms with Gasteiger partial charge in [-0.05, 0) is 39.5 Å². The number of rotatable bonds is 33. The summed E-state index contributed by atoms with van der Waals surface area (Å²) in [6.45, 7) is 14.1. The molecule has 1 atom stereocenters. The number of carbonyl (C=O) groups is 2. The molecule has 0 bridgehead atoms. The van der Waals surface area contributed by atoms with Crippen LogP contribution in [0.5, 0.6) is 0 Å². The van der Waals surface area contributed by atoms with E-state index >= 15 is 0 Å². The van der Waals surface area contributed by atoms with E-state index in [1.165, 1.54) is 96.3 Å². The Hall–Kier alpha value is -1.14. The van der Waals surface area contributed by atoms with Crippen LogP contribution < -0.4 is 10.6 Å². The highest BCUT2D eigenvalue weighted by atomic mass is 16.3. The van der Waals surface area contributed by atoms with Crippen LogP contribution in [-0.2, 0) is 9.59 Å². The molecule has 0 saturated heterocycles. The van der Waals surface area contributed by atoms with Gasteiger partial charge in [-0.1, -0.05) is 117 Å². The number of hydrogen-bond acceptors (Lipinski definition) is 3. The van der Waals surface area contributed by atoms with E-state index in [1.807, 2.05) is 0 Å². The first-order chi connectivity index (χ1) is 21.0. The zero-order valence-electron chi connectivity index (χ0n) is 29.5. The first-order valence-corrected chi connectivity index (χ1v) is 19.0. The van der Waals surface area contributed by atoms with Gasteiger partial charge in [-0.3, -0.25) is 9.59 Å². The Bertz CT molecular complexity index is 624. The second kappa shape index (κ2) is 30.9. The highest BCUT2D eigenvalue weighted by molar-refractivity contribution is 5.76. The lowest BCUT2D eigenvalue weighted by Gasteiger charge is -2.38. The number of aliphatic hydroxyl groups excluding tert-OH is 1. The zero-order valence-corrected chi connectivity index (χ0v) is 29.5. The summed E-state index contributed by atoms with van der Waals surface area (Å²) in [5.74, 6) is 0.375. The Labute approximate surface area is 268 Å². The molecule has 0 fully saturated rings. The van der Waals surface area contributed by atoms with Crippen LogP contribution in [-0.4, -0.2) is 66.8 Å². The van der Waals surface area contributed by atoms with Gasteiger partial charge in [0.25, 0.3) is 0 Å². The third-order valence-electron chi connectivity index (χ3n) is 9.52. The number of hydrogen-bond donors (Lipinski definition) is 3. The molecular formula is C37H76N3O3+. The Morgan fingerprint density at radius 1 is 0.558 bits per heavy atom. The van der Waals surface area contributed by atoms with Crippen molar-refractivity contribution < 1.29 is 19.2 Å². The second-order valence-corrected chi connectivity index (χ2v) is 13.2. The van der Waals surface area contributed by atoms with Gasteiger partial charge in [0.2, 0.25) is 11.8 Å². The molecule has 0 heterocycles. The number of amides is 2. The summed E-state index contributed by atoms with van der Waals surface area (Å²) in [6, 6.07) is 0.129. The number of nitrogens with zero attached hydrogens (tertiary/aromatic N) is 1.